The molecule has 3 rings (SSSR count). The van der Waals surface area contributed by atoms with E-state index in [1.807, 2.05) is 31.3 Å². The van der Waals surface area contributed by atoms with Gasteiger partial charge in [0.05, 0.1) is 14.2 Å². The molecule has 20 heavy (non-hydrogen) atoms. The molecule has 0 amide bonds. The molecule has 0 saturated heterocycles. The monoisotopic (exact) mass is 411 g/mol. The number of hydrogen-bond donors (Lipinski definition) is 1. The Morgan fingerprint density at radius 2 is 2.00 bits per heavy atom. The van der Waals surface area contributed by atoms with Crippen LogP contribution < -0.4 is 5.73 Å². The Kier molecular flexibility index (Phi) is 3.70. The van der Waals surface area contributed by atoms with Crippen molar-refractivity contribution in [2.24, 2.45) is 7.05 Å². The Hall–Kier alpha value is -1.11. The maximum Gasteiger partial charge on any atom is 0.129 e. The van der Waals surface area contributed by atoms with Crippen LogP contribution in [0, 0.1) is 0 Å². The van der Waals surface area contributed by atoms with Crippen LogP contribution >= 0.6 is 43.2 Å². The van der Waals surface area contributed by atoms with Gasteiger partial charge in [-0.2, -0.15) is 5.10 Å². The molecule has 1 aromatic carbocycles. The maximum absolute atomic E-state index is 6.21. The molecule has 3 nitrogen and oxygen atoms in total. The van der Waals surface area contributed by atoms with Gasteiger partial charge >= 0.3 is 0 Å². The molecule has 0 saturated carbocycles. The Morgan fingerprint density at radius 1 is 1.20 bits per heavy atom. The van der Waals surface area contributed by atoms with Gasteiger partial charge in [0.1, 0.15) is 11.5 Å². The van der Waals surface area contributed by atoms with Gasteiger partial charge in [-0.25, -0.2) is 0 Å². The molecule has 0 aliphatic heterocycles. The molecule has 0 spiro atoms. The van der Waals surface area contributed by atoms with Gasteiger partial charge in [-0.05, 0) is 45.8 Å². The van der Waals surface area contributed by atoms with Gasteiger partial charge in [0.25, 0.3) is 0 Å². The van der Waals surface area contributed by atoms with Crippen LogP contribution in [0.5, 0.6) is 0 Å². The summed E-state index contributed by atoms with van der Waals surface area (Å²) in [5, 5.41) is 4.57. The van der Waals surface area contributed by atoms with Crippen LogP contribution in [-0.4, -0.2) is 9.78 Å². The number of benzene rings is 1. The van der Waals surface area contributed by atoms with Crippen molar-refractivity contribution in [3.05, 3.63) is 44.7 Å². The smallest absolute Gasteiger partial charge is 0.129 e. The van der Waals surface area contributed by atoms with Crippen molar-refractivity contribution < 1.29 is 0 Å². The molecule has 102 valence electrons. The van der Waals surface area contributed by atoms with Crippen molar-refractivity contribution in [3.63, 3.8) is 0 Å². The van der Waals surface area contributed by atoms with Gasteiger partial charge in [-0.1, -0.05) is 28.1 Å². The van der Waals surface area contributed by atoms with E-state index >= 15 is 0 Å². The molecule has 0 unspecified atom stereocenters. The van der Waals surface area contributed by atoms with Gasteiger partial charge in [-0.3, -0.25) is 4.68 Å². The third-order valence-corrected chi connectivity index (χ3v) is 5.14. The Balaban J connectivity index is 2.24. The highest BCUT2D eigenvalue weighted by Gasteiger charge is 2.18. The quantitative estimate of drug-likeness (QED) is 0.648. The largest absolute Gasteiger partial charge is 0.383 e. The predicted octanol–water partition coefficient (Wildman–Crippen LogP) is 4.92. The molecule has 6 heteroatoms. The second-order valence-corrected chi connectivity index (χ2v) is 7.73. The molecular weight excluding hydrogens is 402 g/mol. The predicted molar refractivity (Wildman–Crippen MR) is 91.8 cm³/mol. The number of aromatic nitrogens is 2. The number of rotatable bonds is 2. The fraction of sp³-hybridized carbons (Fsp3) is 0.0714. The maximum atomic E-state index is 6.21. The molecule has 0 radical (unpaired) electrons. The SMILES string of the molecule is Cn1nc(-c2ccc(Br)s2)c(-c2cccc(Br)c2)c1N. The summed E-state index contributed by atoms with van der Waals surface area (Å²) in [7, 11) is 1.86. The van der Waals surface area contributed by atoms with Crippen molar-refractivity contribution in [2.45, 2.75) is 0 Å². The lowest BCUT2D eigenvalue weighted by Crippen LogP contribution is -1.97. The summed E-state index contributed by atoms with van der Waals surface area (Å²) in [5.41, 5.74) is 9.16. The Morgan fingerprint density at radius 3 is 2.65 bits per heavy atom. The van der Waals surface area contributed by atoms with Gasteiger partial charge in [-0.15, -0.1) is 11.3 Å². The van der Waals surface area contributed by atoms with Crippen molar-refractivity contribution >= 4 is 49.0 Å². The third kappa shape index (κ3) is 2.43. The molecule has 0 aliphatic carbocycles. The van der Waals surface area contributed by atoms with E-state index in [0.29, 0.717) is 5.82 Å². The number of thiophene rings is 1. The molecule has 0 aliphatic rings. The average molecular weight is 413 g/mol. The van der Waals surface area contributed by atoms with E-state index in [9.17, 15) is 0 Å². The highest BCUT2D eigenvalue weighted by atomic mass is 79.9. The summed E-state index contributed by atoms with van der Waals surface area (Å²) in [6.45, 7) is 0. The van der Waals surface area contributed by atoms with E-state index in [1.54, 1.807) is 16.0 Å². The first-order chi connectivity index (χ1) is 9.56. The number of nitrogens with two attached hydrogens (primary N) is 1. The van der Waals surface area contributed by atoms with Crippen LogP contribution in [0.15, 0.2) is 44.7 Å². The molecule has 0 bridgehead atoms. The number of nitrogens with zero attached hydrogens (tertiary/aromatic N) is 2. The first-order valence-corrected chi connectivity index (χ1v) is 8.30. The lowest BCUT2D eigenvalue weighted by atomic mass is 10.0. The van der Waals surface area contributed by atoms with Gasteiger partial charge in [0.2, 0.25) is 0 Å². The molecular formula is C14H11Br2N3S. The van der Waals surface area contributed by atoms with Crippen LogP contribution in [0.4, 0.5) is 5.82 Å². The van der Waals surface area contributed by atoms with Crippen LogP contribution in [0.25, 0.3) is 21.7 Å². The standard InChI is InChI=1S/C14H11Br2N3S/c1-19-14(17)12(8-3-2-4-9(15)7-8)13(18-19)10-5-6-11(16)20-10/h2-7H,17H2,1H3. The van der Waals surface area contributed by atoms with Gasteiger partial charge < -0.3 is 5.73 Å². The lowest BCUT2D eigenvalue weighted by Gasteiger charge is -2.03. The van der Waals surface area contributed by atoms with Crippen molar-refractivity contribution in [1.29, 1.82) is 0 Å². The normalized spacial score (nSPS) is 10.9. The number of anilines is 1. The number of aryl methyl sites for hydroxylation is 1. The second-order valence-electron chi connectivity index (χ2n) is 4.35. The van der Waals surface area contributed by atoms with Crippen molar-refractivity contribution in [2.75, 3.05) is 5.73 Å². The Bertz CT molecular complexity index is 777. The van der Waals surface area contributed by atoms with Gasteiger partial charge in [0.15, 0.2) is 0 Å². The summed E-state index contributed by atoms with van der Waals surface area (Å²) in [4.78, 5) is 1.10. The fourth-order valence-electron chi connectivity index (χ4n) is 2.08. The van der Waals surface area contributed by atoms with Gasteiger partial charge in [0, 0.05) is 11.5 Å². The minimum atomic E-state index is 0.669. The summed E-state index contributed by atoms with van der Waals surface area (Å²) in [6, 6.07) is 12.2. The third-order valence-electron chi connectivity index (χ3n) is 3.01. The summed E-state index contributed by atoms with van der Waals surface area (Å²) in [5.74, 6) is 0.669. The fourth-order valence-corrected chi connectivity index (χ4v) is 3.86. The zero-order valence-corrected chi connectivity index (χ0v) is 14.6. The summed E-state index contributed by atoms with van der Waals surface area (Å²) in [6.07, 6.45) is 0. The van der Waals surface area contributed by atoms with E-state index < -0.39 is 0 Å². The van der Waals surface area contributed by atoms with E-state index in [1.165, 1.54) is 0 Å². The van der Waals surface area contributed by atoms with E-state index in [-0.39, 0.29) is 0 Å². The van der Waals surface area contributed by atoms with Crippen LogP contribution in [0.3, 0.4) is 0 Å². The van der Waals surface area contributed by atoms with Crippen LogP contribution in [0.2, 0.25) is 0 Å². The minimum Gasteiger partial charge on any atom is -0.383 e. The zero-order chi connectivity index (χ0) is 14.3. The van der Waals surface area contributed by atoms with E-state index in [4.69, 9.17) is 5.73 Å². The molecule has 2 heterocycles. The molecule has 0 fully saturated rings. The zero-order valence-electron chi connectivity index (χ0n) is 10.6. The lowest BCUT2D eigenvalue weighted by molar-refractivity contribution is 0.783. The number of hydrogen-bond acceptors (Lipinski definition) is 3. The molecule has 3 aromatic rings. The summed E-state index contributed by atoms with van der Waals surface area (Å²) < 4.78 is 3.83. The molecule has 2 aromatic heterocycles. The topological polar surface area (TPSA) is 43.8 Å². The van der Waals surface area contributed by atoms with Crippen LogP contribution in [0.1, 0.15) is 0 Å². The molecule has 0 atom stereocenters. The highest BCUT2D eigenvalue weighted by Crippen LogP contribution is 2.40. The van der Waals surface area contributed by atoms with Crippen molar-refractivity contribution in [1.82, 2.24) is 9.78 Å². The molecule has 2 N–H and O–H groups in total. The summed E-state index contributed by atoms with van der Waals surface area (Å²) >= 11 is 8.64. The van der Waals surface area contributed by atoms with Crippen molar-refractivity contribution in [3.8, 4) is 21.7 Å². The second kappa shape index (κ2) is 5.35. The first kappa shape index (κ1) is 13.9. The van der Waals surface area contributed by atoms with E-state index in [0.717, 1.165) is 30.0 Å². The first-order valence-electron chi connectivity index (χ1n) is 5.90. The Labute approximate surface area is 137 Å². The van der Waals surface area contributed by atoms with Crippen LogP contribution in [-0.2, 0) is 7.05 Å². The average Bonchev–Trinajstić information content (AvgIpc) is 2.95. The van der Waals surface area contributed by atoms with E-state index in [2.05, 4.69) is 49.1 Å². The minimum absolute atomic E-state index is 0.669. The number of nitrogen functional groups attached to an aromatic ring is 1. The highest BCUT2D eigenvalue weighted by molar-refractivity contribution is 9.11. The number of halogens is 2.